The smallest absolute Gasteiger partial charge is 0.306 e. The lowest BCUT2D eigenvalue weighted by Crippen LogP contribution is -2.30. The summed E-state index contributed by atoms with van der Waals surface area (Å²) >= 11 is 0. The Bertz CT molecular complexity index is 918. The van der Waals surface area contributed by atoms with Gasteiger partial charge in [-0.2, -0.15) is 0 Å². The molecule has 362 valence electrons. The molecule has 0 aliphatic rings. The van der Waals surface area contributed by atoms with E-state index in [9.17, 15) is 14.4 Å². The number of rotatable bonds is 50. The molecule has 0 radical (unpaired) electrons. The Morgan fingerprint density at radius 3 is 0.803 bits per heavy atom. The first kappa shape index (κ1) is 59.4. The molecule has 0 aromatic carbocycles. The lowest BCUT2D eigenvalue weighted by Gasteiger charge is -2.18. The molecule has 0 N–H and O–H groups in total. The Balaban J connectivity index is 4.27. The van der Waals surface area contributed by atoms with Crippen molar-refractivity contribution < 1.29 is 28.6 Å². The molecule has 0 aliphatic heterocycles. The molecule has 6 heteroatoms. The maximum Gasteiger partial charge on any atom is 0.306 e. The number of carbonyl (C=O) groups excluding carboxylic acids is 3. The summed E-state index contributed by atoms with van der Waals surface area (Å²) in [6.45, 7) is 9.05. The zero-order valence-corrected chi connectivity index (χ0v) is 41.6. The minimum Gasteiger partial charge on any atom is -0.462 e. The molecule has 61 heavy (non-hydrogen) atoms. The number of unbranched alkanes of at least 4 members (excludes halogenated alkanes) is 37. The first-order chi connectivity index (χ1) is 29.9. The molecule has 0 fully saturated rings. The van der Waals surface area contributed by atoms with E-state index in [1.54, 1.807) is 0 Å². The van der Waals surface area contributed by atoms with Crippen LogP contribution in [0.4, 0.5) is 0 Å². The Morgan fingerprint density at radius 2 is 0.541 bits per heavy atom. The molecule has 0 saturated heterocycles. The Hall–Kier alpha value is -1.59. The first-order valence-electron chi connectivity index (χ1n) is 27.4. The van der Waals surface area contributed by atoms with Crippen molar-refractivity contribution in [3.63, 3.8) is 0 Å². The van der Waals surface area contributed by atoms with Crippen LogP contribution in [-0.4, -0.2) is 37.2 Å². The fraction of sp³-hybridized carbons (Fsp3) is 0.945. The summed E-state index contributed by atoms with van der Waals surface area (Å²) in [5.41, 5.74) is 0. The van der Waals surface area contributed by atoms with Gasteiger partial charge in [-0.3, -0.25) is 14.4 Å². The molecule has 0 rings (SSSR count). The molecule has 0 heterocycles. The van der Waals surface area contributed by atoms with Gasteiger partial charge < -0.3 is 14.2 Å². The van der Waals surface area contributed by atoms with Crippen molar-refractivity contribution in [3.05, 3.63) is 0 Å². The second kappa shape index (κ2) is 49.4. The van der Waals surface area contributed by atoms with Gasteiger partial charge in [0.15, 0.2) is 6.10 Å². The third-order valence-corrected chi connectivity index (χ3v) is 12.5. The van der Waals surface area contributed by atoms with Gasteiger partial charge in [-0.15, -0.1) is 0 Å². The molecule has 0 bridgehead atoms. The molecule has 0 amide bonds. The van der Waals surface area contributed by atoms with Crippen LogP contribution in [0.3, 0.4) is 0 Å². The van der Waals surface area contributed by atoms with Crippen LogP contribution in [-0.2, 0) is 28.6 Å². The van der Waals surface area contributed by atoms with Crippen molar-refractivity contribution in [1.29, 1.82) is 0 Å². The van der Waals surface area contributed by atoms with Gasteiger partial charge in [-0.1, -0.05) is 272 Å². The highest BCUT2D eigenvalue weighted by Gasteiger charge is 2.19. The third-order valence-electron chi connectivity index (χ3n) is 12.5. The van der Waals surface area contributed by atoms with Crippen LogP contribution in [0, 0.1) is 5.92 Å². The molecule has 0 aromatic rings. The van der Waals surface area contributed by atoms with Gasteiger partial charge in [0.25, 0.3) is 0 Å². The van der Waals surface area contributed by atoms with Crippen molar-refractivity contribution in [2.75, 3.05) is 13.2 Å². The topological polar surface area (TPSA) is 78.9 Å². The molecular formula is C55H106O6. The van der Waals surface area contributed by atoms with Gasteiger partial charge >= 0.3 is 17.9 Å². The van der Waals surface area contributed by atoms with Crippen molar-refractivity contribution >= 4 is 17.9 Å². The zero-order valence-electron chi connectivity index (χ0n) is 41.6. The molecule has 0 saturated carbocycles. The van der Waals surface area contributed by atoms with Crippen LogP contribution >= 0.6 is 0 Å². The second-order valence-corrected chi connectivity index (χ2v) is 19.3. The molecule has 1 atom stereocenters. The van der Waals surface area contributed by atoms with Gasteiger partial charge in [-0.25, -0.2) is 0 Å². The van der Waals surface area contributed by atoms with Crippen LogP contribution in [0.5, 0.6) is 0 Å². The maximum absolute atomic E-state index is 12.8. The number of hydrogen-bond donors (Lipinski definition) is 0. The van der Waals surface area contributed by atoms with Gasteiger partial charge in [0.05, 0.1) is 0 Å². The van der Waals surface area contributed by atoms with Gasteiger partial charge in [-0.05, 0) is 25.2 Å². The summed E-state index contributed by atoms with van der Waals surface area (Å²) in [7, 11) is 0. The summed E-state index contributed by atoms with van der Waals surface area (Å²) in [5.74, 6) is 0.00960. The molecule has 0 unspecified atom stereocenters. The monoisotopic (exact) mass is 863 g/mol. The zero-order chi connectivity index (χ0) is 44.5. The van der Waals surface area contributed by atoms with Crippen LogP contribution in [0.15, 0.2) is 0 Å². The number of ether oxygens (including phenoxy) is 3. The summed E-state index contributed by atoms with van der Waals surface area (Å²) in [6.07, 6.45) is 52.3. The minimum atomic E-state index is -0.760. The first-order valence-corrected chi connectivity index (χ1v) is 27.4. The molecule has 6 nitrogen and oxygen atoms in total. The lowest BCUT2D eigenvalue weighted by molar-refractivity contribution is -0.167. The quantitative estimate of drug-likeness (QED) is 0.0344. The van der Waals surface area contributed by atoms with Crippen LogP contribution in [0.1, 0.15) is 310 Å². The Labute approximate surface area is 380 Å². The average Bonchev–Trinajstić information content (AvgIpc) is 3.24. The van der Waals surface area contributed by atoms with E-state index in [-0.39, 0.29) is 31.1 Å². The molecule has 0 aliphatic carbocycles. The highest BCUT2D eigenvalue weighted by atomic mass is 16.6. The number of esters is 3. The number of hydrogen-bond acceptors (Lipinski definition) is 6. The Kier molecular flexibility index (Phi) is 48.1. The molecule has 0 aromatic heterocycles. The van der Waals surface area contributed by atoms with E-state index < -0.39 is 6.10 Å². The normalized spacial score (nSPS) is 12.0. The predicted molar refractivity (Wildman–Crippen MR) is 261 cm³/mol. The van der Waals surface area contributed by atoms with E-state index >= 15 is 0 Å². The number of carbonyl (C=O) groups is 3. The van der Waals surface area contributed by atoms with Gasteiger partial charge in [0.2, 0.25) is 0 Å². The predicted octanol–water partition coefficient (Wildman–Crippen LogP) is 17.8. The summed E-state index contributed by atoms with van der Waals surface area (Å²) in [6, 6.07) is 0. The fourth-order valence-corrected chi connectivity index (χ4v) is 8.39. The minimum absolute atomic E-state index is 0.0621. The highest BCUT2D eigenvalue weighted by Crippen LogP contribution is 2.17. The standard InChI is InChI=1S/C55H106O6/c1-5-7-9-11-13-15-17-22-28-32-36-40-44-48-55(58)61-52(49-59-53(56)46-42-38-34-30-26-18-16-14-12-10-8-6-2)50-60-54(57)47-43-39-35-31-27-24-21-19-20-23-25-29-33-37-41-45-51(3)4/h51-52H,5-50H2,1-4H3/t52-/m0/s1. The van der Waals surface area contributed by atoms with E-state index in [0.717, 1.165) is 63.7 Å². The molecular weight excluding hydrogens is 757 g/mol. The van der Waals surface area contributed by atoms with Crippen molar-refractivity contribution in [2.45, 2.75) is 316 Å². The van der Waals surface area contributed by atoms with Gasteiger partial charge in [0, 0.05) is 19.3 Å². The van der Waals surface area contributed by atoms with E-state index in [2.05, 4.69) is 27.7 Å². The van der Waals surface area contributed by atoms with Crippen LogP contribution < -0.4 is 0 Å². The largest absolute Gasteiger partial charge is 0.462 e. The van der Waals surface area contributed by atoms with Gasteiger partial charge in [0.1, 0.15) is 13.2 Å². The highest BCUT2D eigenvalue weighted by molar-refractivity contribution is 5.71. The van der Waals surface area contributed by atoms with E-state index in [1.807, 2.05) is 0 Å². The average molecular weight is 863 g/mol. The van der Waals surface area contributed by atoms with Crippen LogP contribution in [0.2, 0.25) is 0 Å². The lowest BCUT2D eigenvalue weighted by atomic mass is 10.0. The van der Waals surface area contributed by atoms with E-state index in [1.165, 1.54) is 205 Å². The SMILES string of the molecule is CCCCCCCCCCCCCCCC(=O)O[C@@H](COC(=O)CCCCCCCCCCCCCC)COC(=O)CCCCCCCCCCCCCCCCCC(C)C. The third kappa shape index (κ3) is 49.3. The Morgan fingerprint density at radius 1 is 0.311 bits per heavy atom. The maximum atomic E-state index is 12.8. The fourth-order valence-electron chi connectivity index (χ4n) is 8.39. The van der Waals surface area contributed by atoms with E-state index in [0.29, 0.717) is 19.3 Å². The summed E-state index contributed by atoms with van der Waals surface area (Å²) in [5, 5.41) is 0. The van der Waals surface area contributed by atoms with E-state index in [4.69, 9.17) is 14.2 Å². The van der Waals surface area contributed by atoms with Crippen molar-refractivity contribution in [1.82, 2.24) is 0 Å². The molecule has 0 spiro atoms. The second-order valence-electron chi connectivity index (χ2n) is 19.3. The van der Waals surface area contributed by atoms with Crippen LogP contribution in [0.25, 0.3) is 0 Å². The summed E-state index contributed by atoms with van der Waals surface area (Å²) < 4.78 is 16.8. The summed E-state index contributed by atoms with van der Waals surface area (Å²) in [4.78, 5) is 38.0. The van der Waals surface area contributed by atoms with Crippen molar-refractivity contribution in [2.24, 2.45) is 5.92 Å². The van der Waals surface area contributed by atoms with Crippen molar-refractivity contribution in [3.8, 4) is 0 Å².